The lowest BCUT2D eigenvalue weighted by Crippen LogP contribution is -1.99. The van der Waals surface area contributed by atoms with E-state index in [4.69, 9.17) is 9.47 Å². The summed E-state index contributed by atoms with van der Waals surface area (Å²) in [4.78, 5) is 4.51. The summed E-state index contributed by atoms with van der Waals surface area (Å²) in [6.45, 7) is 4.16. The van der Waals surface area contributed by atoms with Crippen LogP contribution in [0.1, 0.15) is 18.2 Å². The maximum Gasteiger partial charge on any atom is 0.118 e. The van der Waals surface area contributed by atoms with Crippen LogP contribution in [0, 0.1) is 13.1 Å². The third-order valence-corrected chi connectivity index (χ3v) is 4.38. The summed E-state index contributed by atoms with van der Waals surface area (Å²) in [5.41, 5.74) is 6.67. The predicted molar refractivity (Wildman–Crippen MR) is 101 cm³/mol. The van der Waals surface area contributed by atoms with Crippen LogP contribution in [0.5, 0.6) is 11.5 Å². The average molecular weight is 332 g/mol. The minimum atomic E-state index is 0.846. The topological polar surface area (TPSA) is 31.4 Å². The molecule has 0 spiro atoms. The van der Waals surface area contributed by atoms with E-state index in [1.807, 2.05) is 31.2 Å². The Balaban J connectivity index is 2.22. The van der Waals surface area contributed by atoms with E-state index in [-0.39, 0.29) is 0 Å². The number of methoxy groups -OCH3 is 2. The van der Waals surface area contributed by atoms with Crippen molar-refractivity contribution in [2.24, 2.45) is 0 Å². The Hall–Kier alpha value is -2.81. The van der Waals surface area contributed by atoms with Gasteiger partial charge in [-0.05, 0) is 59.9 Å². The van der Waals surface area contributed by atoms with Gasteiger partial charge >= 0.3 is 0 Å². The smallest absolute Gasteiger partial charge is 0.118 e. The van der Waals surface area contributed by atoms with Gasteiger partial charge in [0.15, 0.2) is 0 Å². The molecule has 0 fully saturated rings. The molecule has 2 aromatic carbocycles. The second-order valence-corrected chi connectivity index (χ2v) is 5.85. The van der Waals surface area contributed by atoms with E-state index in [1.54, 1.807) is 14.2 Å². The molecule has 0 bridgehead atoms. The van der Waals surface area contributed by atoms with E-state index < -0.39 is 0 Å². The summed E-state index contributed by atoms with van der Waals surface area (Å²) in [6, 6.07) is 16.3. The zero-order chi connectivity index (χ0) is 17.8. The van der Waals surface area contributed by atoms with Gasteiger partial charge in [-0.1, -0.05) is 31.2 Å². The summed E-state index contributed by atoms with van der Waals surface area (Å²) >= 11 is 0. The van der Waals surface area contributed by atoms with Crippen LogP contribution >= 0.6 is 0 Å². The Morgan fingerprint density at radius 1 is 0.800 bits per heavy atom. The summed E-state index contributed by atoms with van der Waals surface area (Å²) in [5, 5.41) is 0. The summed E-state index contributed by atoms with van der Waals surface area (Å²) in [7, 11) is 3.36. The second-order valence-electron chi connectivity index (χ2n) is 5.85. The zero-order valence-corrected chi connectivity index (χ0v) is 15.1. The van der Waals surface area contributed by atoms with Gasteiger partial charge in [-0.3, -0.25) is 4.98 Å². The number of hydrogen-bond donors (Lipinski definition) is 0. The molecule has 3 aromatic rings. The molecule has 3 heteroatoms. The van der Waals surface area contributed by atoms with Crippen molar-refractivity contribution >= 4 is 0 Å². The molecule has 0 amide bonds. The standard InChI is InChI=1S/C22H22NO2/c1-5-16-14-23-15(2)21(17-6-10-19(24-3)11-7-17)22(16)18-8-12-20(25-4)13-9-18/h6-13H,5H2,1-4H3. The van der Waals surface area contributed by atoms with Crippen molar-refractivity contribution in [3.05, 3.63) is 66.0 Å². The van der Waals surface area contributed by atoms with Crippen LogP contribution in [0.3, 0.4) is 0 Å². The zero-order valence-electron chi connectivity index (χ0n) is 15.1. The van der Waals surface area contributed by atoms with Gasteiger partial charge in [-0.2, -0.15) is 0 Å². The van der Waals surface area contributed by atoms with Crippen molar-refractivity contribution in [3.8, 4) is 33.8 Å². The van der Waals surface area contributed by atoms with Gasteiger partial charge in [0.1, 0.15) is 11.5 Å². The van der Waals surface area contributed by atoms with Crippen LogP contribution in [-0.4, -0.2) is 19.2 Å². The molecule has 0 N–H and O–H groups in total. The molecule has 1 radical (unpaired) electrons. The first-order valence-electron chi connectivity index (χ1n) is 8.38. The van der Waals surface area contributed by atoms with Crippen LogP contribution in [0.4, 0.5) is 0 Å². The number of benzene rings is 2. The molecule has 25 heavy (non-hydrogen) atoms. The van der Waals surface area contributed by atoms with E-state index in [2.05, 4.69) is 42.4 Å². The molecule has 0 unspecified atom stereocenters. The van der Waals surface area contributed by atoms with E-state index in [9.17, 15) is 0 Å². The lowest BCUT2D eigenvalue weighted by atomic mass is 9.89. The third-order valence-electron chi connectivity index (χ3n) is 4.38. The number of rotatable bonds is 5. The highest BCUT2D eigenvalue weighted by Crippen LogP contribution is 2.37. The summed E-state index contributed by atoms with van der Waals surface area (Å²) in [5.74, 6) is 1.70. The number of nitrogens with zero attached hydrogens (tertiary/aromatic N) is 1. The lowest BCUT2D eigenvalue weighted by molar-refractivity contribution is 0.414. The normalized spacial score (nSPS) is 10.6. The summed E-state index contributed by atoms with van der Waals surface area (Å²) in [6.07, 6.45) is 4.08. The molecular formula is C22H22NO2. The fourth-order valence-electron chi connectivity index (χ4n) is 3.04. The molecule has 3 nitrogen and oxygen atoms in total. The van der Waals surface area contributed by atoms with Crippen LogP contribution in [0.2, 0.25) is 0 Å². The number of ether oxygens (including phenoxy) is 2. The molecule has 0 saturated carbocycles. The molecular weight excluding hydrogens is 310 g/mol. The fourth-order valence-corrected chi connectivity index (χ4v) is 3.04. The third kappa shape index (κ3) is 3.36. The van der Waals surface area contributed by atoms with Gasteiger partial charge in [0.25, 0.3) is 0 Å². The van der Waals surface area contributed by atoms with Crippen molar-refractivity contribution in [1.29, 1.82) is 0 Å². The molecule has 3 rings (SSSR count). The molecule has 0 aliphatic heterocycles. The van der Waals surface area contributed by atoms with Gasteiger partial charge in [-0.15, -0.1) is 0 Å². The fraction of sp³-hybridized carbons (Fsp3) is 0.227. The highest BCUT2D eigenvalue weighted by Gasteiger charge is 2.16. The minimum absolute atomic E-state index is 0.846. The number of pyridine rings is 1. The Labute approximate surface area is 149 Å². The number of hydrogen-bond acceptors (Lipinski definition) is 3. The molecule has 0 atom stereocenters. The van der Waals surface area contributed by atoms with E-state index in [0.717, 1.165) is 45.9 Å². The Morgan fingerprint density at radius 3 is 1.72 bits per heavy atom. The van der Waals surface area contributed by atoms with Gasteiger partial charge in [0.2, 0.25) is 0 Å². The van der Waals surface area contributed by atoms with Crippen molar-refractivity contribution in [3.63, 3.8) is 0 Å². The largest absolute Gasteiger partial charge is 0.497 e. The quantitative estimate of drug-likeness (QED) is 0.651. The number of aromatic nitrogens is 1. The first-order chi connectivity index (χ1) is 12.2. The van der Waals surface area contributed by atoms with Gasteiger partial charge < -0.3 is 9.47 Å². The average Bonchev–Trinajstić information content (AvgIpc) is 2.68. The first-order valence-corrected chi connectivity index (χ1v) is 8.38. The maximum absolute atomic E-state index is 5.29. The van der Waals surface area contributed by atoms with Crippen molar-refractivity contribution in [1.82, 2.24) is 4.98 Å². The van der Waals surface area contributed by atoms with E-state index in [1.165, 1.54) is 5.56 Å². The molecule has 127 valence electrons. The molecule has 0 aliphatic rings. The molecule has 0 saturated heterocycles. The van der Waals surface area contributed by atoms with Crippen LogP contribution < -0.4 is 9.47 Å². The Kier molecular flexibility index (Phi) is 5.03. The van der Waals surface area contributed by atoms with Crippen LogP contribution in [-0.2, 0) is 6.42 Å². The Bertz CT molecular complexity index is 852. The molecule has 1 aromatic heterocycles. The lowest BCUT2D eigenvalue weighted by Gasteiger charge is -2.17. The second kappa shape index (κ2) is 7.39. The SMILES string of the molecule is CCc1[c]nc(C)c(-c2ccc(OC)cc2)c1-c1ccc(OC)cc1. The van der Waals surface area contributed by atoms with Gasteiger partial charge in [0.05, 0.1) is 20.4 Å². The van der Waals surface area contributed by atoms with Gasteiger partial charge in [0, 0.05) is 11.3 Å². The van der Waals surface area contributed by atoms with Gasteiger partial charge in [-0.25, -0.2) is 0 Å². The predicted octanol–water partition coefficient (Wildman–Crippen LogP) is 5.10. The van der Waals surface area contributed by atoms with Crippen molar-refractivity contribution in [2.45, 2.75) is 20.3 Å². The maximum atomic E-state index is 5.29. The highest BCUT2D eigenvalue weighted by atomic mass is 16.5. The molecule has 1 heterocycles. The van der Waals surface area contributed by atoms with Crippen LogP contribution in [0.15, 0.2) is 48.5 Å². The first kappa shape index (κ1) is 17.0. The number of aryl methyl sites for hydroxylation is 2. The Morgan fingerprint density at radius 2 is 1.28 bits per heavy atom. The summed E-state index contributed by atoms with van der Waals surface area (Å²) < 4.78 is 10.6. The van der Waals surface area contributed by atoms with Crippen molar-refractivity contribution in [2.75, 3.05) is 14.2 Å². The van der Waals surface area contributed by atoms with E-state index >= 15 is 0 Å². The van der Waals surface area contributed by atoms with Crippen LogP contribution in [0.25, 0.3) is 22.3 Å². The monoisotopic (exact) mass is 332 g/mol. The minimum Gasteiger partial charge on any atom is -0.497 e. The highest BCUT2D eigenvalue weighted by molar-refractivity contribution is 5.87. The molecule has 0 aliphatic carbocycles. The van der Waals surface area contributed by atoms with Crippen molar-refractivity contribution < 1.29 is 9.47 Å². The van der Waals surface area contributed by atoms with E-state index in [0.29, 0.717) is 0 Å².